The zero-order valence-electron chi connectivity index (χ0n) is 17.0. The highest BCUT2D eigenvalue weighted by Crippen LogP contribution is 2.36. The van der Waals surface area contributed by atoms with Crippen molar-refractivity contribution < 1.29 is 28.7 Å². The molecule has 166 valence electrons. The van der Waals surface area contributed by atoms with Gasteiger partial charge in [-0.1, -0.05) is 0 Å². The molecule has 0 aliphatic carbocycles. The molecule has 0 spiro atoms. The molecule has 1 aromatic heterocycles. The first-order chi connectivity index (χ1) is 15.1. The number of likely N-dealkylation sites (tertiary alicyclic amines) is 1. The van der Waals surface area contributed by atoms with Gasteiger partial charge in [-0.25, -0.2) is 4.98 Å². The summed E-state index contributed by atoms with van der Waals surface area (Å²) in [5, 5.41) is 13.5. The van der Waals surface area contributed by atoms with Crippen LogP contribution in [0.25, 0.3) is 0 Å². The van der Waals surface area contributed by atoms with Crippen LogP contribution < -0.4 is 9.47 Å². The number of hydrogen-bond acceptors (Lipinski definition) is 9. The number of nitrogens with zero attached hydrogens (tertiary/aromatic N) is 3. The molecular weight excluding hydrogens is 426 g/mol. The average Bonchev–Trinajstić information content (AvgIpc) is 3.51. The van der Waals surface area contributed by atoms with E-state index in [-0.39, 0.29) is 41.6 Å². The van der Waals surface area contributed by atoms with E-state index in [0.29, 0.717) is 32.0 Å². The van der Waals surface area contributed by atoms with Crippen molar-refractivity contribution in [2.24, 2.45) is 5.92 Å². The van der Waals surface area contributed by atoms with E-state index >= 15 is 0 Å². The minimum Gasteiger partial charge on any atom is -0.493 e. The predicted octanol–water partition coefficient (Wildman–Crippen LogP) is 2.86. The number of thiazole rings is 1. The molecule has 3 heterocycles. The molecule has 31 heavy (non-hydrogen) atoms. The van der Waals surface area contributed by atoms with Gasteiger partial charge in [0.05, 0.1) is 42.5 Å². The molecule has 2 aliphatic heterocycles. The number of methoxy groups -OCH3 is 1. The van der Waals surface area contributed by atoms with Crippen LogP contribution in [0, 0.1) is 16.0 Å². The largest absolute Gasteiger partial charge is 0.493 e. The Morgan fingerprint density at radius 2 is 2.03 bits per heavy atom. The zero-order valence-corrected chi connectivity index (χ0v) is 17.8. The van der Waals surface area contributed by atoms with Crippen molar-refractivity contribution in [2.75, 3.05) is 33.4 Å². The van der Waals surface area contributed by atoms with Crippen molar-refractivity contribution >= 4 is 22.9 Å². The van der Waals surface area contributed by atoms with Crippen molar-refractivity contribution in [1.29, 1.82) is 0 Å². The van der Waals surface area contributed by atoms with Gasteiger partial charge in [0.15, 0.2) is 17.8 Å². The maximum Gasteiger partial charge on any atom is 0.286 e. The second kappa shape index (κ2) is 9.58. The number of hydrogen-bond donors (Lipinski definition) is 0. The number of ether oxygens (including phenoxy) is 4. The number of benzene rings is 1. The molecule has 2 saturated heterocycles. The summed E-state index contributed by atoms with van der Waals surface area (Å²) in [5.41, 5.74) is 2.04. The Morgan fingerprint density at radius 3 is 2.65 bits per heavy atom. The van der Waals surface area contributed by atoms with Crippen LogP contribution in [-0.2, 0) is 16.1 Å². The Balaban J connectivity index is 1.51. The van der Waals surface area contributed by atoms with Gasteiger partial charge in [-0.15, -0.1) is 11.3 Å². The molecule has 0 bridgehead atoms. The molecule has 10 nitrogen and oxygen atoms in total. The fraction of sp³-hybridized carbons (Fsp3) is 0.500. The number of aromatic nitrogens is 1. The molecular formula is C20H23N3O7S. The number of nitro benzene ring substituents is 1. The van der Waals surface area contributed by atoms with E-state index in [9.17, 15) is 14.9 Å². The van der Waals surface area contributed by atoms with Crippen LogP contribution >= 0.6 is 11.3 Å². The number of piperidine rings is 1. The van der Waals surface area contributed by atoms with Gasteiger partial charge in [-0.2, -0.15) is 0 Å². The lowest BCUT2D eigenvalue weighted by Gasteiger charge is -2.33. The lowest BCUT2D eigenvalue weighted by atomic mass is 9.95. The maximum atomic E-state index is 13.1. The summed E-state index contributed by atoms with van der Waals surface area (Å²) >= 11 is 1.43. The number of carbonyl (C=O) groups is 1. The van der Waals surface area contributed by atoms with Crippen molar-refractivity contribution in [1.82, 2.24) is 9.88 Å². The van der Waals surface area contributed by atoms with Gasteiger partial charge >= 0.3 is 0 Å². The van der Waals surface area contributed by atoms with E-state index in [0.717, 1.165) is 12.8 Å². The molecule has 0 N–H and O–H groups in total. The molecule has 0 unspecified atom stereocenters. The molecule has 2 aliphatic rings. The smallest absolute Gasteiger partial charge is 0.286 e. The summed E-state index contributed by atoms with van der Waals surface area (Å²) in [7, 11) is 1.43. The highest BCUT2D eigenvalue weighted by Gasteiger charge is 2.34. The number of nitro groups is 1. The van der Waals surface area contributed by atoms with Crippen molar-refractivity contribution in [3.05, 3.63) is 44.4 Å². The van der Waals surface area contributed by atoms with Gasteiger partial charge in [0.2, 0.25) is 0 Å². The first-order valence-electron chi connectivity index (χ1n) is 9.95. The van der Waals surface area contributed by atoms with Crippen LogP contribution in [0.4, 0.5) is 5.69 Å². The Bertz CT molecular complexity index is 923. The normalized spacial score (nSPS) is 17.6. The number of rotatable bonds is 7. The van der Waals surface area contributed by atoms with E-state index in [2.05, 4.69) is 4.98 Å². The molecule has 1 aromatic carbocycles. The van der Waals surface area contributed by atoms with Crippen LogP contribution in [0.3, 0.4) is 0 Å². The molecule has 2 aromatic rings. The molecule has 1 amide bonds. The molecule has 11 heteroatoms. The summed E-state index contributed by atoms with van der Waals surface area (Å²) < 4.78 is 22.2. The fourth-order valence-electron chi connectivity index (χ4n) is 3.80. The summed E-state index contributed by atoms with van der Waals surface area (Å²) in [6, 6.07) is 2.62. The van der Waals surface area contributed by atoms with Gasteiger partial charge in [0.25, 0.3) is 11.6 Å². The third-order valence-corrected chi connectivity index (χ3v) is 6.06. The van der Waals surface area contributed by atoms with E-state index in [1.807, 2.05) is 5.38 Å². The third-order valence-electron chi connectivity index (χ3n) is 5.43. The zero-order chi connectivity index (χ0) is 21.8. The predicted molar refractivity (Wildman–Crippen MR) is 110 cm³/mol. The maximum absolute atomic E-state index is 13.1. The van der Waals surface area contributed by atoms with Gasteiger partial charge in [-0.3, -0.25) is 14.9 Å². The average molecular weight is 449 g/mol. The standard InChI is InChI=1S/C20H23N3O7S/c1-27-17-8-15(16(23(25)26)9-18(17)30-10-14-11-31-12-21-14)19(24)22-4-2-13(3-5-22)20-28-6-7-29-20/h8-9,11-13,20H,2-7,10H2,1H3. The molecule has 0 atom stereocenters. The molecule has 2 fully saturated rings. The van der Waals surface area contributed by atoms with Gasteiger partial charge in [-0.05, 0) is 12.8 Å². The molecule has 4 rings (SSSR count). The second-order valence-corrected chi connectivity index (χ2v) is 8.00. The second-order valence-electron chi connectivity index (χ2n) is 7.29. The number of amides is 1. The van der Waals surface area contributed by atoms with Crippen LogP contribution in [-0.4, -0.2) is 60.4 Å². The lowest BCUT2D eigenvalue weighted by Crippen LogP contribution is -2.41. The van der Waals surface area contributed by atoms with Crippen molar-refractivity contribution in [3.63, 3.8) is 0 Å². The first-order valence-corrected chi connectivity index (χ1v) is 10.9. The topological polar surface area (TPSA) is 113 Å². The summed E-state index contributed by atoms with van der Waals surface area (Å²) in [6.07, 6.45) is 1.22. The van der Waals surface area contributed by atoms with Crippen LogP contribution in [0.2, 0.25) is 0 Å². The Morgan fingerprint density at radius 1 is 1.29 bits per heavy atom. The van der Waals surface area contributed by atoms with E-state index in [4.69, 9.17) is 18.9 Å². The quantitative estimate of drug-likeness (QED) is 0.468. The first kappa shape index (κ1) is 21.5. The SMILES string of the molecule is COc1cc(C(=O)N2CCC(C3OCCO3)CC2)c([N+](=O)[O-])cc1OCc1cscn1. The highest BCUT2D eigenvalue weighted by molar-refractivity contribution is 7.07. The van der Waals surface area contributed by atoms with E-state index in [1.165, 1.54) is 30.6 Å². The van der Waals surface area contributed by atoms with Gasteiger partial charge in [0.1, 0.15) is 12.2 Å². The van der Waals surface area contributed by atoms with E-state index in [1.54, 1.807) is 10.4 Å². The molecule has 0 radical (unpaired) electrons. The van der Waals surface area contributed by atoms with Gasteiger partial charge < -0.3 is 23.8 Å². The number of carbonyl (C=O) groups excluding carboxylic acids is 1. The highest BCUT2D eigenvalue weighted by atomic mass is 32.1. The van der Waals surface area contributed by atoms with Crippen LogP contribution in [0.1, 0.15) is 28.9 Å². The van der Waals surface area contributed by atoms with Crippen LogP contribution in [0.5, 0.6) is 11.5 Å². The summed E-state index contributed by atoms with van der Waals surface area (Å²) in [6.45, 7) is 2.28. The summed E-state index contributed by atoms with van der Waals surface area (Å²) in [4.78, 5) is 30.0. The van der Waals surface area contributed by atoms with E-state index < -0.39 is 10.8 Å². The van der Waals surface area contributed by atoms with Crippen molar-refractivity contribution in [2.45, 2.75) is 25.7 Å². The Kier molecular flexibility index (Phi) is 6.64. The monoisotopic (exact) mass is 449 g/mol. The minimum absolute atomic E-state index is 0.0188. The van der Waals surface area contributed by atoms with Crippen molar-refractivity contribution in [3.8, 4) is 11.5 Å². The third kappa shape index (κ3) is 4.78. The fourth-order valence-corrected chi connectivity index (χ4v) is 4.34. The summed E-state index contributed by atoms with van der Waals surface area (Å²) in [5.74, 6) is 0.264. The van der Waals surface area contributed by atoms with Gasteiger partial charge in [0, 0.05) is 30.5 Å². The minimum atomic E-state index is -0.574. The molecule has 0 saturated carbocycles. The lowest BCUT2D eigenvalue weighted by molar-refractivity contribution is -0.385. The van der Waals surface area contributed by atoms with Crippen LogP contribution in [0.15, 0.2) is 23.0 Å². The Hall–Kier alpha value is -2.76. The Labute approximate surface area is 182 Å².